The van der Waals surface area contributed by atoms with E-state index in [0.717, 1.165) is 18.6 Å². The van der Waals surface area contributed by atoms with E-state index in [-0.39, 0.29) is 5.56 Å². The van der Waals surface area contributed by atoms with E-state index in [1.807, 2.05) is 30.3 Å². The smallest absolute Gasteiger partial charge is 0.379 e. The monoisotopic (exact) mass is 328 g/mol. The van der Waals surface area contributed by atoms with Crippen LogP contribution in [0, 0.1) is 0 Å². The lowest BCUT2D eigenvalue weighted by Gasteiger charge is -2.08. The number of benzene rings is 2. The van der Waals surface area contributed by atoms with E-state index >= 15 is 0 Å². The molecule has 0 amide bonds. The zero-order valence-electron chi connectivity index (χ0n) is 13.6. The van der Waals surface area contributed by atoms with Crippen LogP contribution in [0.1, 0.15) is 23.2 Å². The van der Waals surface area contributed by atoms with Gasteiger partial charge in [-0.25, -0.2) is 4.79 Å². The normalized spacial score (nSPS) is 10.0. The van der Waals surface area contributed by atoms with E-state index in [2.05, 4.69) is 4.74 Å². The van der Waals surface area contributed by atoms with Gasteiger partial charge < -0.3 is 14.2 Å². The van der Waals surface area contributed by atoms with Gasteiger partial charge in [-0.2, -0.15) is 0 Å². The summed E-state index contributed by atoms with van der Waals surface area (Å²) >= 11 is 0. The Hall–Kier alpha value is -2.82. The molecule has 0 aliphatic rings. The molecule has 126 valence electrons. The Morgan fingerprint density at radius 3 is 1.88 bits per heavy atom. The molecule has 0 aromatic heterocycles. The number of hydrogen-bond acceptors (Lipinski definition) is 5. The summed E-state index contributed by atoms with van der Waals surface area (Å²) in [6, 6.07) is 16.1. The highest BCUT2D eigenvalue weighted by Crippen LogP contribution is 2.14. The molecule has 5 nitrogen and oxygen atoms in total. The van der Waals surface area contributed by atoms with Crippen molar-refractivity contribution in [2.45, 2.75) is 12.8 Å². The quantitative estimate of drug-likeness (QED) is 0.306. The molecule has 2 aromatic rings. The second kappa shape index (κ2) is 9.35. The largest absolute Gasteiger partial charge is 0.494 e. The van der Waals surface area contributed by atoms with E-state index in [9.17, 15) is 9.59 Å². The van der Waals surface area contributed by atoms with E-state index in [1.54, 1.807) is 24.3 Å². The molecule has 0 unspecified atom stereocenters. The lowest BCUT2D eigenvalue weighted by molar-refractivity contribution is -0.135. The fourth-order valence-electron chi connectivity index (χ4n) is 2.01. The first-order chi connectivity index (χ1) is 11.7. The third-order valence-corrected chi connectivity index (χ3v) is 3.31. The topological polar surface area (TPSA) is 61.8 Å². The number of unbranched alkanes of at least 4 members (excludes halogenated alkanes) is 1. The molecule has 0 bridgehead atoms. The van der Waals surface area contributed by atoms with Gasteiger partial charge >= 0.3 is 5.97 Å². The zero-order valence-corrected chi connectivity index (χ0v) is 13.6. The second-order valence-electron chi connectivity index (χ2n) is 5.06. The fourth-order valence-corrected chi connectivity index (χ4v) is 2.01. The summed E-state index contributed by atoms with van der Waals surface area (Å²) in [5.74, 6) is -0.0196. The minimum absolute atomic E-state index is 0.283. The van der Waals surface area contributed by atoms with Crippen molar-refractivity contribution >= 4 is 11.8 Å². The lowest BCUT2D eigenvalue weighted by atomic mass is 10.1. The second-order valence-corrected chi connectivity index (χ2v) is 5.06. The molecule has 0 aliphatic carbocycles. The number of methoxy groups -OCH3 is 1. The summed E-state index contributed by atoms with van der Waals surface area (Å²) in [6.07, 6.45) is 1.74. The predicted octanol–water partition coefficient (Wildman–Crippen LogP) is 3.28. The van der Waals surface area contributed by atoms with Gasteiger partial charge in [0.15, 0.2) is 0 Å². The molecule has 5 heteroatoms. The van der Waals surface area contributed by atoms with Crippen molar-refractivity contribution in [3.63, 3.8) is 0 Å². The van der Waals surface area contributed by atoms with Crippen molar-refractivity contribution < 1.29 is 23.8 Å². The van der Waals surface area contributed by atoms with Crippen molar-refractivity contribution in [2.75, 3.05) is 20.3 Å². The number of Topliss-reactive ketones (excluding diaryl/α,β-unsaturated/α-hetero) is 1. The molecular formula is C19H20O5. The van der Waals surface area contributed by atoms with Crippen LogP contribution in [-0.4, -0.2) is 32.1 Å². The van der Waals surface area contributed by atoms with Crippen LogP contribution < -0.4 is 9.47 Å². The summed E-state index contributed by atoms with van der Waals surface area (Å²) in [4.78, 5) is 22.8. The van der Waals surface area contributed by atoms with Gasteiger partial charge in [-0.15, -0.1) is 0 Å². The van der Waals surface area contributed by atoms with Crippen molar-refractivity contribution in [1.29, 1.82) is 0 Å². The fraction of sp³-hybridized carbons (Fsp3) is 0.263. The lowest BCUT2D eigenvalue weighted by Crippen LogP contribution is -2.15. The minimum Gasteiger partial charge on any atom is -0.494 e. The van der Waals surface area contributed by atoms with Crippen LogP contribution in [0.2, 0.25) is 0 Å². The van der Waals surface area contributed by atoms with Gasteiger partial charge in [0.2, 0.25) is 0 Å². The Morgan fingerprint density at radius 2 is 1.33 bits per heavy atom. The van der Waals surface area contributed by atoms with Crippen LogP contribution in [0.15, 0.2) is 54.6 Å². The number of carbonyl (C=O) groups excluding carboxylic acids is 2. The maximum Gasteiger partial charge on any atom is 0.379 e. The first-order valence-corrected chi connectivity index (χ1v) is 7.74. The summed E-state index contributed by atoms with van der Waals surface area (Å²) in [5, 5.41) is 0. The molecule has 2 aromatic carbocycles. The maximum atomic E-state index is 11.6. The average Bonchev–Trinajstić information content (AvgIpc) is 2.64. The third-order valence-electron chi connectivity index (χ3n) is 3.31. The Balaban J connectivity index is 1.66. The van der Waals surface area contributed by atoms with E-state index in [0.29, 0.717) is 19.0 Å². The number of rotatable bonds is 9. The average molecular weight is 328 g/mol. The molecule has 0 saturated heterocycles. The maximum absolute atomic E-state index is 11.6. The molecule has 24 heavy (non-hydrogen) atoms. The molecule has 0 fully saturated rings. The Labute approximate surface area is 141 Å². The van der Waals surface area contributed by atoms with Gasteiger partial charge in [-0.1, -0.05) is 18.2 Å². The van der Waals surface area contributed by atoms with Crippen LogP contribution >= 0.6 is 0 Å². The highest BCUT2D eigenvalue weighted by atomic mass is 16.5. The molecule has 2 rings (SSSR count). The SMILES string of the molecule is COC(=O)C(=O)c1ccc(OCCCCOc2ccccc2)cc1. The minimum atomic E-state index is -0.873. The molecule has 0 radical (unpaired) electrons. The van der Waals surface area contributed by atoms with Gasteiger partial charge in [0.1, 0.15) is 11.5 Å². The van der Waals surface area contributed by atoms with E-state index in [1.165, 1.54) is 7.11 Å². The van der Waals surface area contributed by atoms with E-state index in [4.69, 9.17) is 9.47 Å². The summed E-state index contributed by atoms with van der Waals surface area (Å²) < 4.78 is 15.6. The highest BCUT2D eigenvalue weighted by Gasteiger charge is 2.16. The highest BCUT2D eigenvalue weighted by molar-refractivity contribution is 6.40. The molecule has 0 N–H and O–H groups in total. The number of carbonyl (C=O) groups is 2. The molecule has 0 spiro atoms. The van der Waals surface area contributed by atoms with Crippen molar-refractivity contribution in [2.24, 2.45) is 0 Å². The van der Waals surface area contributed by atoms with Gasteiger partial charge in [0.25, 0.3) is 5.78 Å². The van der Waals surface area contributed by atoms with Gasteiger partial charge in [0.05, 0.1) is 20.3 Å². The summed E-state index contributed by atoms with van der Waals surface area (Å²) in [5.41, 5.74) is 0.283. The van der Waals surface area contributed by atoms with E-state index < -0.39 is 11.8 Å². The van der Waals surface area contributed by atoms with Crippen LogP contribution in [0.5, 0.6) is 11.5 Å². The number of ketones is 1. The van der Waals surface area contributed by atoms with Crippen LogP contribution in [0.25, 0.3) is 0 Å². The van der Waals surface area contributed by atoms with Crippen molar-refractivity contribution in [3.8, 4) is 11.5 Å². The van der Waals surface area contributed by atoms with Gasteiger partial charge in [-0.3, -0.25) is 4.79 Å². The van der Waals surface area contributed by atoms with Gasteiger partial charge in [0, 0.05) is 5.56 Å². The van der Waals surface area contributed by atoms with Gasteiger partial charge in [-0.05, 0) is 49.2 Å². The predicted molar refractivity (Wildman–Crippen MR) is 89.5 cm³/mol. The first kappa shape index (κ1) is 17.5. The Morgan fingerprint density at radius 1 is 0.792 bits per heavy atom. The molecular weight excluding hydrogens is 308 g/mol. The number of esters is 1. The zero-order chi connectivity index (χ0) is 17.2. The summed E-state index contributed by atoms with van der Waals surface area (Å²) in [6.45, 7) is 1.20. The third kappa shape index (κ3) is 5.43. The Kier molecular flexibility index (Phi) is 6.83. The van der Waals surface area contributed by atoms with Crippen LogP contribution in [0.3, 0.4) is 0 Å². The van der Waals surface area contributed by atoms with Crippen LogP contribution in [0.4, 0.5) is 0 Å². The molecule has 0 heterocycles. The standard InChI is InChI=1S/C19H20O5/c1-22-19(21)18(20)15-9-11-17(12-10-15)24-14-6-5-13-23-16-7-3-2-4-8-16/h2-4,7-12H,5-6,13-14H2,1H3. The number of ether oxygens (including phenoxy) is 3. The molecule has 0 aliphatic heterocycles. The molecule has 0 saturated carbocycles. The molecule has 0 atom stereocenters. The van der Waals surface area contributed by atoms with Crippen molar-refractivity contribution in [3.05, 3.63) is 60.2 Å². The number of hydrogen-bond donors (Lipinski definition) is 0. The first-order valence-electron chi connectivity index (χ1n) is 7.74. The van der Waals surface area contributed by atoms with Crippen molar-refractivity contribution in [1.82, 2.24) is 0 Å². The Bertz CT molecular complexity index is 649. The number of para-hydroxylation sites is 1. The van der Waals surface area contributed by atoms with Crippen LogP contribution in [-0.2, 0) is 9.53 Å². The summed E-state index contributed by atoms with van der Waals surface area (Å²) in [7, 11) is 1.18.